The molecule has 1 N–H and O–H groups in total. The van der Waals surface area contributed by atoms with Crippen LogP contribution in [0.15, 0.2) is 35.4 Å². The van der Waals surface area contributed by atoms with Gasteiger partial charge < -0.3 is 5.32 Å². The summed E-state index contributed by atoms with van der Waals surface area (Å²) in [7, 11) is 0. The van der Waals surface area contributed by atoms with E-state index in [2.05, 4.69) is 17.2 Å². The fourth-order valence-corrected chi connectivity index (χ4v) is 5.04. The summed E-state index contributed by atoms with van der Waals surface area (Å²) in [6.07, 6.45) is 4.54. The van der Waals surface area contributed by atoms with Gasteiger partial charge in [0.1, 0.15) is 10.9 Å². The van der Waals surface area contributed by atoms with Gasteiger partial charge in [-0.1, -0.05) is 25.1 Å². The molecule has 5 nitrogen and oxygen atoms in total. The minimum Gasteiger partial charge on any atom is -0.324 e. The van der Waals surface area contributed by atoms with Crippen LogP contribution in [0.4, 0.5) is 5.69 Å². The van der Waals surface area contributed by atoms with E-state index < -0.39 is 6.04 Å². The van der Waals surface area contributed by atoms with Crippen molar-refractivity contribution in [2.75, 3.05) is 5.32 Å². The third-order valence-electron chi connectivity index (χ3n) is 5.44. The summed E-state index contributed by atoms with van der Waals surface area (Å²) in [5.41, 5.74) is 2.78. The van der Waals surface area contributed by atoms with Crippen molar-refractivity contribution in [3.8, 4) is 0 Å². The van der Waals surface area contributed by atoms with E-state index in [1.807, 2.05) is 31.2 Å². The Balaban J connectivity index is 1.69. The highest BCUT2D eigenvalue weighted by Crippen LogP contribution is 2.35. The Morgan fingerprint density at radius 2 is 2.15 bits per heavy atom. The number of thiophene rings is 1. The highest BCUT2D eigenvalue weighted by molar-refractivity contribution is 7.18. The third kappa shape index (κ3) is 3.18. The Morgan fingerprint density at radius 1 is 1.37 bits per heavy atom. The standard InChI is InChI=1S/C21H23N3O2S/c1-12-8-9-15-17(10-12)27-20-18(15)21(26)24(11-22-20)14(3)19(25)23-16-7-5-4-6-13(16)2/h4-7,11-12,14H,8-10H2,1-3H3,(H,23,25)/t12-,14-/m1/s1. The Bertz CT molecular complexity index is 1080. The van der Waals surface area contributed by atoms with Crippen LogP contribution in [-0.4, -0.2) is 15.5 Å². The van der Waals surface area contributed by atoms with Crippen molar-refractivity contribution in [1.29, 1.82) is 0 Å². The van der Waals surface area contributed by atoms with Gasteiger partial charge in [-0.2, -0.15) is 0 Å². The molecule has 3 aromatic rings. The Hall–Kier alpha value is -2.47. The lowest BCUT2D eigenvalue weighted by molar-refractivity contribution is -0.118. The molecule has 0 fully saturated rings. The molecule has 0 radical (unpaired) electrons. The predicted octanol–water partition coefficient (Wildman–Crippen LogP) is 4.09. The number of hydrogen-bond donors (Lipinski definition) is 1. The molecule has 27 heavy (non-hydrogen) atoms. The largest absolute Gasteiger partial charge is 0.324 e. The van der Waals surface area contributed by atoms with Gasteiger partial charge in [0.2, 0.25) is 5.91 Å². The van der Waals surface area contributed by atoms with Gasteiger partial charge in [-0.3, -0.25) is 14.2 Å². The molecule has 140 valence electrons. The van der Waals surface area contributed by atoms with Crippen molar-refractivity contribution < 1.29 is 4.79 Å². The number of amides is 1. The van der Waals surface area contributed by atoms with Gasteiger partial charge in [0.15, 0.2) is 0 Å². The fraction of sp³-hybridized carbons (Fsp3) is 0.381. The molecule has 2 heterocycles. The first-order valence-corrected chi connectivity index (χ1v) is 10.1. The molecule has 4 rings (SSSR count). The molecule has 2 aromatic heterocycles. The second-order valence-electron chi connectivity index (χ2n) is 7.47. The van der Waals surface area contributed by atoms with Crippen LogP contribution in [0.2, 0.25) is 0 Å². The zero-order valence-corrected chi connectivity index (χ0v) is 16.6. The summed E-state index contributed by atoms with van der Waals surface area (Å²) in [6.45, 7) is 5.93. The second kappa shape index (κ2) is 6.93. The van der Waals surface area contributed by atoms with Crippen LogP contribution < -0.4 is 10.9 Å². The summed E-state index contributed by atoms with van der Waals surface area (Å²) in [5.74, 6) is 0.428. The molecule has 6 heteroatoms. The minimum atomic E-state index is -0.632. The van der Waals surface area contributed by atoms with Crippen LogP contribution in [0.1, 0.15) is 42.3 Å². The average Bonchev–Trinajstić information content (AvgIpc) is 3.01. The van der Waals surface area contributed by atoms with E-state index in [0.29, 0.717) is 11.3 Å². The van der Waals surface area contributed by atoms with Gasteiger partial charge in [0.25, 0.3) is 5.56 Å². The molecule has 1 amide bonds. The molecule has 0 saturated heterocycles. The SMILES string of the molecule is Cc1ccccc1NC(=O)[C@@H](C)n1cnc2sc3c(c2c1=O)CC[C@@H](C)C3. The second-order valence-corrected chi connectivity index (χ2v) is 8.55. The molecular weight excluding hydrogens is 358 g/mol. The summed E-state index contributed by atoms with van der Waals surface area (Å²) in [6, 6.07) is 6.98. The number of nitrogens with zero attached hydrogens (tertiary/aromatic N) is 2. The van der Waals surface area contributed by atoms with Crippen LogP contribution in [0.25, 0.3) is 10.2 Å². The van der Waals surface area contributed by atoms with Gasteiger partial charge in [0, 0.05) is 10.6 Å². The highest BCUT2D eigenvalue weighted by atomic mass is 32.1. The zero-order valence-electron chi connectivity index (χ0n) is 15.8. The van der Waals surface area contributed by atoms with Gasteiger partial charge in [0.05, 0.1) is 11.7 Å². The molecule has 1 aromatic carbocycles. The smallest absolute Gasteiger partial charge is 0.263 e. The highest BCUT2D eigenvalue weighted by Gasteiger charge is 2.25. The number of aryl methyl sites for hydroxylation is 2. The average molecular weight is 382 g/mol. The Labute approximate surface area is 162 Å². The van der Waals surface area contributed by atoms with E-state index in [9.17, 15) is 9.59 Å². The van der Waals surface area contributed by atoms with E-state index in [-0.39, 0.29) is 11.5 Å². The fourth-order valence-electron chi connectivity index (χ4n) is 3.70. The lowest BCUT2D eigenvalue weighted by atomic mass is 9.89. The van der Waals surface area contributed by atoms with Crippen molar-refractivity contribution in [2.45, 2.75) is 46.1 Å². The topological polar surface area (TPSA) is 64.0 Å². The quantitative estimate of drug-likeness (QED) is 0.743. The number of benzene rings is 1. The van der Waals surface area contributed by atoms with E-state index >= 15 is 0 Å². The summed E-state index contributed by atoms with van der Waals surface area (Å²) < 4.78 is 1.46. The van der Waals surface area contributed by atoms with Gasteiger partial charge in [-0.15, -0.1) is 11.3 Å². The van der Waals surface area contributed by atoms with Crippen molar-refractivity contribution in [1.82, 2.24) is 9.55 Å². The summed E-state index contributed by atoms with van der Waals surface area (Å²) >= 11 is 1.63. The van der Waals surface area contributed by atoms with Crippen LogP contribution in [0.5, 0.6) is 0 Å². The summed E-state index contributed by atoms with van der Waals surface area (Å²) in [4.78, 5) is 32.5. The van der Waals surface area contributed by atoms with Gasteiger partial charge in [-0.25, -0.2) is 4.98 Å². The first-order chi connectivity index (χ1) is 13.0. The van der Waals surface area contributed by atoms with Crippen LogP contribution >= 0.6 is 11.3 Å². The molecule has 0 bridgehead atoms. The number of rotatable bonds is 3. The minimum absolute atomic E-state index is 0.112. The van der Waals surface area contributed by atoms with Crippen LogP contribution in [0.3, 0.4) is 0 Å². The third-order valence-corrected chi connectivity index (χ3v) is 6.60. The molecule has 0 spiro atoms. The maximum absolute atomic E-state index is 13.2. The van der Waals surface area contributed by atoms with E-state index in [0.717, 1.165) is 40.9 Å². The number of para-hydroxylation sites is 1. The van der Waals surface area contributed by atoms with E-state index in [4.69, 9.17) is 0 Å². The Kier molecular flexibility index (Phi) is 4.60. The van der Waals surface area contributed by atoms with E-state index in [1.165, 1.54) is 15.8 Å². The number of nitrogens with one attached hydrogen (secondary N) is 1. The number of fused-ring (bicyclic) bond motifs is 3. The van der Waals surface area contributed by atoms with Gasteiger partial charge >= 0.3 is 0 Å². The first-order valence-electron chi connectivity index (χ1n) is 9.33. The molecule has 1 aliphatic rings. The molecule has 0 unspecified atom stereocenters. The summed E-state index contributed by atoms with van der Waals surface area (Å²) in [5, 5.41) is 3.63. The number of hydrogen-bond acceptors (Lipinski definition) is 4. The molecule has 0 aliphatic heterocycles. The van der Waals surface area contributed by atoms with Gasteiger partial charge in [-0.05, 0) is 56.2 Å². The molecular formula is C21H23N3O2S. The lowest BCUT2D eigenvalue weighted by Gasteiger charge is -2.18. The maximum atomic E-state index is 13.2. The molecule has 0 saturated carbocycles. The number of carbonyl (C=O) groups is 1. The van der Waals surface area contributed by atoms with E-state index in [1.54, 1.807) is 18.3 Å². The zero-order chi connectivity index (χ0) is 19.1. The first kappa shape index (κ1) is 17.9. The number of carbonyl (C=O) groups excluding carboxylic acids is 1. The lowest BCUT2D eigenvalue weighted by Crippen LogP contribution is -2.32. The Morgan fingerprint density at radius 3 is 2.93 bits per heavy atom. The molecule has 2 atom stereocenters. The van der Waals surface area contributed by atoms with Crippen LogP contribution in [0, 0.1) is 12.8 Å². The number of aromatic nitrogens is 2. The predicted molar refractivity (Wildman–Crippen MR) is 110 cm³/mol. The maximum Gasteiger partial charge on any atom is 0.263 e. The van der Waals surface area contributed by atoms with Crippen molar-refractivity contribution in [3.05, 3.63) is 57.0 Å². The van der Waals surface area contributed by atoms with Crippen molar-refractivity contribution in [2.24, 2.45) is 5.92 Å². The molecule has 1 aliphatic carbocycles. The normalized spacial score (nSPS) is 17.5. The van der Waals surface area contributed by atoms with Crippen molar-refractivity contribution in [3.63, 3.8) is 0 Å². The van der Waals surface area contributed by atoms with Crippen molar-refractivity contribution >= 4 is 33.1 Å². The number of anilines is 1. The monoisotopic (exact) mass is 381 g/mol. The van der Waals surface area contributed by atoms with Crippen LogP contribution in [-0.2, 0) is 17.6 Å².